The Labute approximate surface area is 68.2 Å². The van der Waals surface area contributed by atoms with Gasteiger partial charge in [0.15, 0.2) is 0 Å². The van der Waals surface area contributed by atoms with E-state index in [0.29, 0.717) is 6.42 Å². The molecule has 0 rings (SSSR count). The molecule has 64 valence electrons. The molecule has 0 aromatic heterocycles. The number of rotatable bonds is 5. The van der Waals surface area contributed by atoms with Crippen molar-refractivity contribution in [1.29, 1.82) is 0 Å². The van der Waals surface area contributed by atoms with E-state index in [2.05, 4.69) is 12.8 Å². The Bertz CT molecular complexity index is 126. The Balaban J connectivity index is 3.37. The molecule has 0 saturated carbocycles. The second-order valence-corrected chi connectivity index (χ2v) is 2.67. The molecular weight excluding hydrogens is 140 g/mol. The Morgan fingerprint density at radius 2 is 2.00 bits per heavy atom. The molecule has 0 amide bonds. The first-order valence-electron chi connectivity index (χ1n) is 4.04. The lowest BCUT2D eigenvalue weighted by Gasteiger charge is -2.11. The average Bonchev–Trinajstić information content (AvgIpc) is 2.03. The number of hydrogen-bond donors (Lipinski definition) is 2. The van der Waals surface area contributed by atoms with E-state index in [1.165, 1.54) is 0 Å². The first-order chi connectivity index (χ1) is 5.22. The van der Waals surface area contributed by atoms with E-state index in [0.717, 1.165) is 19.3 Å². The average molecular weight is 156 g/mol. The van der Waals surface area contributed by atoms with Crippen molar-refractivity contribution in [3.8, 4) is 12.3 Å². The van der Waals surface area contributed by atoms with Gasteiger partial charge in [0.1, 0.15) is 6.10 Å². The lowest BCUT2D eigenvalue weighted by molar-refractivity contribution is 0.0470. The Morgan fingerprint density at radius 3 is 2.45 bits per heavy atom. The van der Waals surface area contributed by atoms with Crippen LogP contribution in [0.15, 0.2) is 0 Å². The molecule has 0 heterocycles. The van der Waals surface area contributed by atoms with Gasteiger partial charge in [-0.05, 0) is 6.42 Å². The fourth-order valence-corrected chi connectivity index (χ4v) is 0.872. The highest BCUT2D eigenvalue weighted by atomic mass is 16.3. The van der Waals surface area contributed by atoms with Crippen LogP contribution in [0.2, 0.25) is 0 Å². The first kappa shape index (κ1) is 10.5. The highest BCUT2D eigenvalue weighted by Gasteiger charge is 2.11. The van der Waals surface area contributed by atoms with Crippen LogP contribution in [0, 0.1) is 12.3 Å². The topological polar surface area (TPSA) is 40.5 Å². The van der Waals surface area contributed by atoms with Gasteiger partial charge in [0.05, 0.1) is 6.10 Å². The van der Waals surface area contributed by atoms with Gasteiger partial charge in [0.2, 0.25) is 0 Å². The first-order valence-corrected chi connectivity index (χ1v) is 4.04. The summed E-state index contributed by atoms with van der Waals surface area (Å²) < 4.78 is 0. The Kier molecular flexibility index (Phi) is 5.91. The zero-order valence-corrected chi connectivity index (χ0v) is 6.95. The molecule has 0 aliphatic carbocycles. The largest absolute Gasteiger partial charge is 0.389 e. The van der Waals surface area contributed by atoms with Gasteiger partial charge >= 0.3 is 0 Å². The summed E-state index contributed by atoms with van der Waals surface area (Å²) in [5.74, 6) is 2.10. The van der Waals surface area contributed by atoms with Crippen LogP contribution in [0.5, 0.6) is 0 Å². The molecule has 0 aliphatic heterocycles. The number of unbranched alkanes of at least 4 members (excludes halogenated alkanes) is 2. The minimum Gasteiger partial charge on any atom is -0.389 e. The summed E-state index contributed by atoms with van der Waals surface area (Å²) in [6.07, 6.45) is 6.89. The summed E-state index contributed by atoms with van der Waals surface area (Å²) in [7, 11) is 0. The maximum absolute atomic E-state index is 9.15. The van der Waals surface area contributed by atoms with Gasteiger partial charge in [0, 0.05) is 0 Å². The van der Waals surface area contributed by atoms with Crippen LogP contribution in [0.25, 0.3) is 0 Å². The maximum atomic E-state index is 9.15. The summed E-state index contributed by atoms with van der Waals surface area (Å²) in [5, 5.41) is 18.1. The lowest BCUT2D eigenvalue weighted by atomic mass is 10.1. The van der Waals surface area contributed by atoms with Crippen LogP contribution < -0.4 is 0 Å². The highest BCUT2D eigenvalue weighted by molar-refractivity contribution is 4.96. The predicted molar refractivity (Wildman–Crippen MR) is 45.0 cm³/mol. The molecule has 0 spiro atoms. The van der Waals surface area contributed by atoms with E-state index in [1.54, 1.807) is 0 Å². The summed E-state index contributed by atoms with van der Waals surface area (Å²) in [6, 6.07) is 0. The molecule has 2 N–H and O–H groups in total. The fourth-order valence-electron chi connectivity index (χ4n) is 0.872. The van der Waals surface area contributed by atoms with E-state index >= 15 is 0 Å². The second kappa shape index (κ2) is 6.21. The quantitative estimate of drug-likeness (QED) is 0.459. The summed E-state index contributed by atoms with van der Waals surface area (Å²) in [4.78, 5) is 0. The molecule has 0 bridgehead atoms. The monoisotopic (exact) mass is 156 g/mol. The number of terminal acetylenes is 1. The number of aliphatic hydroxyl groups excluding tert-OH is 2. The normalized spacial score (nSPS) is 15.5. The molecule has 0 aromatic carbocycles. The van der Waals surface area contributed by atoms with Crippen LogP contribution in [0.4, 0.5) is 0 Å². The van der Waals surface area contributed by atoms with Gasteiger partial charge in [-0.2, -0.15) is 0 Å². The zero-order chi connectivity index (χ0) is 8.69. The standard InChI is InChI=1S/C9H16O2/c1-3-5-6-7-9(11)8(10)4-2/h2,8-11H,3,5-7H2,1H3/t8-,9+/m1/s1. The molecule has 0 fully saturated rings. The van der Waals surface area contributed by atoms with Gasteiger partial charge < -0.3 is 10.2 Å². The molecule has 2 atom stereocenters. The van der Waals surface area contributed by atoms with Gasteiger partial charge in [-0.1, -0.05) is 32.1 Å². The van der Waals surface area contributed by atoms with E-state index < -0.39 is 12.2 Å². The van der Waals surface area contributed by atoms with Crippen molar-refractivity contribution in [3.05, 3.63) is 0 Å². The van der Waals surface area contributed by atoms with Crippen molar-refractivity contribution in [3.63, 3.8) is 0 Å². The SMILES string of the molecule is C#C[C@@H](O)[C@@H](O)CCCCC. The van der Waals surface area contributed by atoms with Crippen LogP contribution in [-0.4, -0.2) is 22.4 Å². The van der Waals surface area contributed by atoms with E-state index in [4.69, 9.17) is 16.6 Å². The van der Waals surface area contributed by atoms with Crippen molar-refractivity contribution >= 4 is 0 Å². The van der Waals surface area contributed by atoms with Crippen LogP contribution in [0.3, 0.4) is 0 Å². The van der Waals surface area contributed by atoms with Crippen molar-refractivity contribution in [1.82, 2.24) is 0 Å². The third-order valence-electron chi connectivity index (χ3n) is 1.64. The zero-order valence-electron chi connectivity index (χ0n) is 6.95. The van der Waals surface area contributed by atoms with Gasteiger partial charge in [-0.15, -0.1) is 6.42 Å². The fraction of sp³-hybridized carbons (Fsp3) is 0.778. The van der Waals surface area contributed by atoms with E-state index in [9.17, 15) is 0 Å². The summed E-state index contributed by atoms with van der Waals surface area (Å²) in [6.45, 7) is 2.09. The van der Waals surface area contributed by atoms with Crippen molar-refractivity contribution in [2.75, 3.05) is 0 Å². The minimum absolute atomic E-state index is 0.596. The van der Waals surface area contributed by atoms with Crippen molar-refractivity contribution < 1.29 is 10.2 Å². The van der Waals surface area contributed by atoms with Crippen molar-refractivity contribution in [2.24, 2.45) is 0 Å². The third kappa shape index (κ3) is 4.83. The summed E-state index contributed by atoms with van der Waals surface area (Å²) in [5.41, 5.74) is 0. The molecule has 11 heavy (non-hydrogen) atoms. The van der Waals surface area contributed by atoms with E-state index in [1.807, 2.05) is 0 Å². The molecular formula is C9H16O2. The number of aliphatic hydroxyl groups is 2. The van der Waals surface area contributed by atoms with Gasteiger partial charge in [-0.3, -0.25) is 0 Å². The van der Waals surface area contributed by atoms with Gasteiger partial charge in [-0.25, -0.2) is 0 Å². The van der Waals surface area contributed by atoms with Crippen molar-refractivity contribution in [2.45, 2.75) is 44.8 Å². The molecule has 2 heteroatoms. The van der Waals surface area contributed by atoms with Crippen LogP contribution >= 0.6 is 0 Å². The third-order valence-corrected chi connectivity index (χ3v) is 1.64. The smallest absolute Gasteiger partial charge is 0.140 e. The minimum atomic E-state index is -0.994. The molecule has 0 radical (unpaired) electrons. The molecule has 0 unspecified atom stereocenters. The van der Waals surface area contributed by atoms with Crippen LogP contribution in [0.1, 0.15) is 32.6 Å². The maximum Gasteiger partial charge on any atom is 0.140 e. The molecule has 0 aromatic rings. The van der Waals surface area contributed by atoms with E-state index in [-0.39, 0.29) is 0 Å². The molecule has 0 aliphatic rings. The van der Waals surface area contributed by atoms with Crippen LogP contribution in [-0.2, 0) is 0 Å². The number of hydrogen-bond acceptors (Lipinski definition) is 2. The Hall–Kier alpha value is -0.520. The Morgan fingerprint density at radius 1 is 1.36 bits per heavy atom. The predicted octanol–water partition coefficient (Wildman–Crippen LogP) is 0.922. The molecule has 0 saturated heterocycles. The highest BCUT2D eigenvalue weighted by Crippen LogP contribution is 2.05. The second-order valence-electron chi connectivity index (χ2n) is 2.67. The lowest BCUT2D eigenvalue weighted by Crippen LogP contribution is -2.23. The van der Waals surface area contributed by atoms with Gasteiger partial charge in [0.25, 0.3) is 0 Å². The molecule has 2 nitrogen and oxygen atoms in total. The summed E-state index contributed by atoms with van der Waals surface area (Å²) >= 11 is 0.